The van der Waals surface area contributed by atoms with Gasteiger partial charge in [0.1, 0.15) is 11.3 Å². The van der Waals surface area contributed by atoms with Gasteiger partial charge in [-0.1, -0.05) is 30.2 Å². The molecule has 2 aromatic rings. The van der Waals surface area contributed by atoms with Gasteiger partial charge in [-0.2, -0.15) is 0 Å². The molecule has 1 aromatic heterocycles. The van der Waals surface area contributed by atoms with Crippen molar-refractivity contribution in [2.45, 2.75) is 31.2 Å². The maximum atomic E-state index is 12.3. The smallest absolute Gasteiger partial charge is 0.246 e. The molecule has 20 heavy (non-hydrogen) atoms. The normalized spacial score (nSPS) is 17.3. The highest BCUT2D eigenvalue weighted by Gasteiger charge is 2.37. The van der Waals surface area contributed by atoms with E-state index < -0.39 is 5.54 Å². The Labute approximate surface area is 121 Å². The Morgan fingerprint density at radius 2 is 2.20 bits per heavy atom. The Morgan fingerprint density at radius 3 is 2.90 bits per heavy atom. The number of ether oxygens (including phenoxy) is 1. The second-order valence-corrected chi connectivity index (χ2v) is 6.17. The molecular weight excluding hydrogens is 274 g/mol. The number of nitrogens with zero attached hydrogens (tertiary/aromatic N) is 1. The first-order chi connectivity index (χ1) is 9.62. The van der Waals surface area contributed by atoms with Crippen LogP contribution in [0.5, 0.6) is 5.75 Å². The minimum atomic E-state index is -0.734. The van der Waals surface area contributed by atoms with Crippen LogP contribution in [0.25, 0.3) is 10.2 Å². The van der Waals surface area contributed by atoms with Crippen LogP contribution in [-0.2, 0) is 4.79 Å². The number of fused-ring (bicyclic) bond motifs is 1. The van der Waals surface area contributed by atoms with E-state index in [4.69, 9.17) is 10.5 Å². The van der Waals surface area contributed by atoms with Crippen LogP contribution in [0.1, 0.15) is 25.7 Å². The van der Waals surface area contributed by atoms with E-state index in [9.17, 15) is 4.79 Å². The van der Waals surface area contributed by atoms with Crippen LogP contribution in [-0.4, -0.2) is 23.5 Å². The van der Waals surface area contributed by atoms with E-state index in [1.165, 1.54) is 11.3 Å². The summed E-state index contributed by atoms with van der Waals surface area (Å²) in [6, 6.07) is 5.72. The van der Waals surface area contributed by atoms with E-state index in [1.54, 1.807) is 7.11 Å². The number of hydrogen-bond donors (Lipinski definition) is 2. The van der Waals surface area contributed by atoms with Crippen LogP contribution in [0.3, 0.4) is 0 Å². The molecule has 3 N–H and O–H groups in total. The second kappa shape index (κ2) is 5.03. The lowest BCUT2D eigenvalue weighted by atomic mass is 9.98. The predicted octanol–water partition coefficient (Wildman–Crippen LogP) is 2.51. The van der Waals surface area contributed by atoms with Crippen LogP contribution in [0, 0.1) is 0 Å². The minimum absolute atomic E-state index is 0.131. The summed E-state index contributed by atoms with van der Waals surface area (Å²) in [5, 5.41) is 3.43. The van der Waals surface area contributed by atoms with E-state index in [1.807, 2.05) is 18.2 Å². The molecule has 0 radical (unpaired) electrons. The quantitative estimate of drug-likeness (QED) is 0.911. The molecule has 5 nitrogen and oxygen atoms in total. The Bertz CT molecular complexity index is 647. The largest absolute Gasteiger partial charge is 0.494 e. The fourth-order valence-electron chi connectivity index (χ4n) is 2.60. The van der Waals surface area contributed by atoms with Crippen molar-refractivity contribution in [2.75, 3.05) is 12.4 Å². The van der Waals surface area contributed by atoms with Gasteiger partial charge in [0.2, 0.25) is 5.91 Å². The van der Waals surface area contributed by atoms with Gasteiger partial charge in [0.25, 0.3) is 0 Å². The Hall–Kier alpha value is -1.66. The fraction of sp³-hybridized carbons (Fsp3) is 0.429. The topological polar surface area (TPSA) is 77.2 Å². The number of amides is 1. The molecule has 3 rings (SSSR count). The molecule has 106 valence electrons. The monoisotopic (exact) mass is 291 g/mol. The summed E-state index contributed by atoms with van der Waals surface area (Å²) in [7, 11) is 1.61. The number of anilines is 1. The third-order valence-electron chi connectivity index (χ3n) is 3.77. The van der Waals surface area contributed by atoms with Crippen molar-refractivity contribution in [3.63, 3.8) is 0 Å². The van der Waals surface area contributed by atoms with Gasteiger partial charge in [-0.05, 0) is 25.0 Å². The number of hydrogen-bond acceptors (Lipinski definition) is 5. The van der Waals surface area contributed by atoms with Crippen molar-refractivity contribution in [3.05, 3.63) is 18.2 Å². The standard InChI is InChI=1S/C14H17N3O2S/c1-19-9-5-4-6-10-11(9)16-13(20-10)17-12(18)14(15)7-2-3-8-14/h4-6H,2-3,7-8,15H2,1H3,(H,16,17,18). The number of methoxy groups -OCH3 is 1. The number of rotatable bonds is 3. The zero-order chi connectivity index (χ0) is 14.2. The first-order valence-corrected chi connectivity index (χ1v) is 7.48. The van der Waals surface area contributed by atoms with Crippen LogP contribution in [0.4, 0.5) is 5.13 Å². The molecular formula is C14H17N3O2S. The van der Waals surface area contributed by atoms with E-state index in [-0.39, 0.29) is 5.91 Å². The summed E-state index contributed by atoms with van der Waals surface area (Å²) in [4.78, 5) is 16.7. The Balaban J connectivity index is 1.86. The van der Waals surface area contributed by atoms with E-state index in [0.717, 1.165) is 35.9 Å². The molecule has 1 saturated carbocycles. The number of aromatic nitrogens is 1. The molecule has 1 fully saturated rings. The van der Waals surface area contributed by atoms with Crippen molar-refractivity contribution in [2.24, 2.45) is 5.73 Å². The molecule has 1 amide bonds. The van der Waals surface area contributed by atoms with E-state index >= 15 is 0 Å². The second-order valence-electron chi connectivity index (χ2n) is 5.14. The number of carbonyl (C=O) groups excluding carboxylic acids is 1. The van der Waals surface area contributed by atoms with Crippen molar-refractivity contribution in [3.8, 4) is 5.75 Å². The van der Waals surface area contributed by atoms with Gasteiger partial charge < -0.3 is 15.8 Å². The molecule has 1 heterocycles. The van der Waals surface area contributed by atoms with Crippen LogP contribution < -0.4 is 15.8 Å². The molecule has 1 aromatic carbocycles. The number of thiazole rings is 1. The van der Waals surface area contributed by atoms with Crippen molar-refractivity contribution in [1.29, 1.82) is 0 Å². The van der Waals surface area contributed by atoms with Gasteiger partial charge in [-0.25, -0.2) is 4.98 Å². The fourth-order valence-corrected chi connectivity index (χ4v) is 3.47. The highest BCUT2D eigenvalue weighted by atomic mass is 32.1. The third-order valence-corrected chi connectivity index (χ3v) is 4.71. The summed E-state index contributed by atoms with van der Waals surface area (Å²) in [6.45, 7) is 0. The van der Waals surface area contributed by atoms with E-state index in [0.29, 0.717) is 10.9 Å². The van der Waals surface area contributed by atoms with Gasteiger partial charge in [-0.15, -0.1) is 0 Å². The first kappa shape index (κ1) is 13.3. The number of benzene rings is 1. The molecule has 0 spiro atoms. The molecule has 1 aliphatic carbocycles. The summed E-state index contributed by atoms with van der Waals surface area (Å²) in [5.74, 6) is 0.579. The zero-order valence-corrected chi connectivity index (χ0v) is 12.1. The molecule has 6 heteroatoms. The van der Waals surface area contributed by atoms with Gasteiger partial charge in [0.15, 0.2) is 5.13 Å². The van der Waals surface area contributed by atoms with E-state index in [2.05, 4.69) is 10.3 Å². The maximum absolute atomic E-state index is 12.3. The average Bonchev–Trinajstić information content (AvgIpc) is 3.04. The number of nitrogens with two attached hydrogens (primary N) is 1. The van der Waals surface area contributed by atoms with Crippen LogP contribution >= 0.6 is 11.3 Å². The van der Waals surface area contributed by atoms with Crippen LogP contribution in [0.2, 0.25) is 0 Å². The Kier molecular flexibility index (Phi) is 3.35. The average molecular weight is 291 g/mol. The van der Waals surface area contributed by atoms with Crippen LogP contribution in [0.15, 0.2) is 18.2 Å². The van der Waals surface area contributed by atoms with Gasteiger partial charge in [-0.3, -0.25) is 4.79 Å². The van der Waals surface area contributed by atoms with Crippen molar-refractivity contribution < 1.29 is 9.53 Å². The molecule has 0 aliphatic heterocycles. The Morgan fingerprint density at radius 1 is 1.45 bits per heavy atom. The summed E-state index contributed by atoms with van der Waals surface area (Å²) < 4.78 is 6.26. The highest BCUT2D eigenvalue weighted by molar-refractivity contribution is 7.22. The van der Waals surface area contributed by atoms with Crippen molar-refractivity contribution in [1.82, 2.24) is 4.98 Å². The first-order valence-electron chi connectivity index (χ1n) is 6.66. The summed E-state index contributed by atoms with van der Waals surface area (Å²) in [6.07, 6.45) is 3.51. The minimum Gasteiger partial charge on any atom is -0.494 e. The number of carbonyl (C=O) groups is 1. The van der Waals surface area contributed by atoms with Gasteiger partial charge in [0.05, 0.1) is 17.3 Å². The molecule has 0 atom stereocenters. The highest BCUT2D eigenvalue weighted by Crippen LogP contribution is 2.33. The lowest BCUT2D eigenvalue weighted by Gasteiger charge is -2.21. The zero-order valence-electron chi connectivity index (χ0n) is 11.3. The summed E-state index contributed by atoms with van der Waals surface area (Å²) >= 11 is 1.43. The summed E-state index contributed by atoms with van der Waals surface area (Å²) in [5.41, 5.74) is 6.18. The molecule has 0 bridgehead atoms. The molecule has 0 unspecified atom stereocenters. The molecule has 1 aliphatic rings. The predicted molar refractivity (Wildman–Crippen MR) is 80.2 cm³/mol. The molecule has 0 saturated heterocycles. The SMILES string of the molecule is COc1cccc2sc(NC(=O)C3(N)CCCC3)nc12. The number of nitrogens with one attached hydrogen (secondary N) is 1. The van der Waals surface area contributed by atoms with Gasteiger partial charge >= 0.3 is 0 Å². The maximum Gasteiger partial charge on any atom is 0.246 e. The third kappa shape index (κ3) is 2.25. The van der Waals surface area contributed by atoms with Crippen molar-refractivity contribution >= 4 is 32.6 Å². The lowest BCUT2D eigenvalue weighted by molar-refractivity contribution is -0.121. The van der Waals surface area contributed by atoms with Gasteiger partial charge in [0, 0.05) is 0 Å². The lowest BCUT2D eigenvalue weighted by Crippen LogP contribution is -2.48. The number of para-hydroxylation sites is 1.